The molecule has 1 aromatic carbocycles. The van der Waals surface area contributed by atoms with Gasteiger partial charge in [0.2, 0.25) is 0 Å². The van der Waals surface area contributed by atoms with Crippen LogP contribution in [0, 0.1) is 17.5 Å². The highest BCUT2D eigenvalue weighted by Crippen LogP contribution is 2.30. The second kappa shape index (κ2) is 5.84. The van der Waals surface area contributed by atoms with E-state index < -0.39 is 46.6 Å². The number of anilines is 1. The van der Waals surface area contributed by atoms with E-state index in [1.165, 1.54) is 11.8 Å². The van der Waals surface area contributed by atoms with Crippen LogP contribution in [-0.4, -0.2) is 39.2 Å². The average molecular weight is 320 g/mol. The van der Waals surface area contributed by atoms with Crippen LogP contribution in [0.5, 0.6) is 0 Å². The van der Waals surface area contributed by atoms with Crippen molar-refractivity contribution in [3.8, 4) is 0 Å². The van der Waals surface area contributed by atoms with Gasteiger partial charge in [0.1, 0.15) is 11.9 Å². The molecule has 2 rings (SSSR count). The van der Waals surface area contributed by atoms with E-state index in [2.05, 4.69) is 5.32 Å². The van der Waals surface area contributed by atoms with Crippen molar-refractivity contribution in [1.82, 2.24) is 4.90 Å². The molecule has 5 nitrogen and oxygen atoms in total. The highest BCUT2D eigenvalue weighted by molar-refractivity contribution is 8.00. The van der Waals surface area contributed by atoms with Gasteiger partial charge in [-0.15, -0.1) is 11.8 Å². The number of aliphatic carboxylic acids is 1. The Hall–Kier alpha value is -1.90. The van der Waals surface area contributed by atoms with Crippen LogP contribution in [0.25, 0.3) is 0 Å². The maximum Gasteiger partial charge on any atom is 0.327 e. The van der Waals surface area contributed by atoms with E-state index in [1.807, 2.05) is 0 Å². The van der Waals surface area contributed by atoms with Crippen LogP contribution in [0.1, 0.15) is 6.92 Å². The van der Waals surface area contributed by atoms with E-state index in [0.717, 1.165) is 4.90 Å². The first kappa shape index (κ1) is 15.5. The van der Waals surface area contributed by atoms with Gasteiger partial charge in [-0.05, 0) is 6.92 Å². The Morgan fingerprint density at radius 3 is 2.52 bits per heavy atom. The Morgan fingerprint density at radius 2 is 1.90 bits per heavy atom. The minimum Gasteiger partial charge on any atom is -0.480 e. The molecular weight excluding hydrogens is 309 g/mol. The summed E-state index contributed by atoms with van der Waals surface area (Å²) < 4.78 is 39.3. The zero-order valence-corrected chi connectivity index (χ0v) is 11.6. The molecule has 1 fully saturated rings. The summed E-state index contributed by atoms with van der Waals surface area (Å²) in [7, 11) is 0. The number of nitrogens with zero attached hydrogens (tertiary/aromatic N) is 1. The third-order valence-electron chi connectivity index (χ3n) is 2.99. The standard InChI is InChI=1S/C12H11F3N2O3S/c1-5-17(10(4-21-5)11(18)19)12(20)16-9-3-7(14)6(13)2-8(9)15/h2-3,5,10H,4H2,1H3,(H,16,20)(H,18,19). The molecule has 1 saturated heterocycles. The topological polar surface area (TPSA) is 69.6 Å². The number of rotatable bonds is 2. The Morgan fingerprint density at radius 1 is 1.29 bits per heavy atom. The molecule has 2 atom stereocenters. The predicted octanol–water partition coefficient (Wildman–Crippen LogP) is 2.48. The van der Waals surface area contributed by atoms with Gasteiger partial charge in [-0.2, -0.15) is 0 Å². The van der Waals surface area contributed by atoms with Gasteiger partial charge in [-0.25, -0.2) is 22.8 Å². The van der Waals surface area contributed by atoms with E-state index in [-0.39, 0.29) is 5.75 Å². The van der Waals surface area contributed by atoms with Crippen molar-refractivity contribution >= 4 is 29.4 Å². The second-order valence-corrected chi connectivity index (χ2v) is 5.72. The normalized spacial score (nSPS) is 21.4. The zero-order valence-electron chi connectivity index (χ0n) is 10.8. The molecule has 1 aliphatic heterocycles. The number of urea groups is 1. The van der Waals surface area contributed by atoms with Crippen LogP contribution in [0.2, 0.25) is 0 Å². The van der Waals surface area contributed by atoms with Gasteiger partial charge < -0.3 is 10.4 Å². The van der Waals surface area contributed by atoms with Crippen molar-refractivity contribution in [3.63, 3.8) is 0 Å². The van der Waals surface area contributed by atoms with Gasteiger partial charge in [0.05, 0.1) is 11.1 Å². The van der Waals surface area contributed by atoms with Crippen LogP contribution in [0.4, 0.5) is 23.7 Å². The van der Waals surface area contributed by atoms with E-state index in [0.29, 0.717) is 12.1 Å². The number of benzene rings is 1. The van der Waals surface area contributed by atoms with Crippen LogP contribution in [0.15, 0.2) is 12.1 Å². The van der Waals surface area contributed by atoms with Gasteiger partial charge in [-0.1, -0.05) is 0 Å². The summed E-state index contributed by atoms with van der Waals surface area (Å²) in [6.45, 7) is 1.62. The largest absolute Gasteiger partial charge is 0.480 e. The van der Waals surface area contributed by atoms with Crippen molar-refractivity contribution in [2.45, 2.75) is 18.3 Å². The maximum absolute atomic E-state index is 13.5. The van der Waals surface area contributed by atoms with Gasteiger partial charge in [-0.3, -0.25) is 4.90 Å². The monoisotopic (exact) mass is 320 g/mol. The summed E-state index contributed by atoms with van der Waals surface area (Å²) >= 11 is 1.25. The predicted molar refractivity (Wildman–Crippen MR) is 70.5 cm³/mol. The lowest BCUT2D eigenvalue weighted by Gasteiger charge is -2.25. The Labute approximate surface area is 122 Å². The van der Waals surface area contributed by atoms with Crippen LogP contribution < -0.4 is 5.32 Å². The summed E-state index contributed by atoms with van der Waals surface area (Å²) in [5.74, 6) is -4.82. The zero-order chi connectivity index (χ0) is 15.7. The van der Waals surface area contributed by atoms with Crippen molar-refractivity contribution in [2.75, 3.05) is 11.1 Å². The van der Waals surface area contributed by atoms with E-state index in [9.17, 15) is 22.8 Å². The number of halogens is 3. The van der Waals surface area contributed by atoms with Crippen molar-refractivity contribution in [1.29, 1.82) is 0 Å². The van der Waals surface area contributed by atoms with E-state index >= 15 is 0 Å². The van der Waals surface area contributed by atoms with Gasteiger partial charge in [0, 0.05) is 17.9 Å². The van der Waals surface area contributed by atoms with Crippen molar-refractivity contribution in [3.05, 3.63) is 29.6 Å². The minimum absolute atomic E-state index is 0.199. The smallest absolute Gasteiger partial charge is 0.327 e. The molecule has 1 heterocycles. The summed E-state index contributed by atoms with van der Waals surface area (Å²) in [5, 5.41) is 10.7. The summed E-state index contributed by atoms with van der Waals surface area (Å²) in [4.78, 5) is 24.1. The minimum atomic E-state index is -1.38. The highest BCUT2D eigenvalue weighted by atomic mass is 32.2. The molecule has 1 aliphatic rings. The van der Waals surface area contributed by atoms with Crippen LogP contribution in [0.3, 0.4) is 0 Å². The first-order valence-corrected chi connectivity index (χ1v) is 6.94. The van der Waals surface area contributed by atoms with Crippen molar-refractivity contribution in [2.24, 2.45) is 0 Å². The fourth-order valence-corrected chi connectivity index (χ4v) is 3.11. The second-order valence-electron chi connectivity index (χ2n) is 4.37. The molecule has 0 saturated carbocycles. The average Bonchev–Trinajstić information content (AvgIpc) is 2.78. The molecule has 9 heteroatoms. The lowest BCUT2D eigenvalue weighted by molar-refractivity contribution is -0.141. The van der Waals surface area contributed by atoms with Gasteiger partial charge >= 0.3 is 12.0 Å². The highest BCUT2D eigenvalue weighted by Gasteiger charge is 2.39. The molecule has 0 spiro atoms. The lowest BCUT2D eigenvalue weighted by atomic mass is 10.2. The number of hydrogen-bond donors (Lipinski definition) is 2. The number of amides is 2. The molecule has 2 N–H and O–H groups in total. The summed E-state index contributed by atoms with van der Waals surface area (Å²) in [6.07, 6.45) is 0. The molecule has 114 valence electrons. The van der Waals surface area contributed by atoms with Crippen molar-refractivity contribution < 1.29 is 27.9 Å². The maximum atomic E-state index is 13.5. The molecule has 0 radical (unpaired) electrons. The summed E-state index contributed by atoms with van der Waals surface area (Å²) in [6, 6.07) is -1.13. The number of nitrogens with one attached hydrogen (secondary N) is 1. The van der Waals surface area contributed by atoms with Gasteiger partial charge in [0.25, 0.3) is 0 Å². The Balaban J connectivity index is 2.21. The molecule has 1 aromatic rings. The number of thioether (sulfide) groups is 1. The fraction of sp³-hybridized carbons (Fsp3) is 0.333. The quantitative estimate of drug-likeness (QED) is 0.822. The van der Waals surface area contributed by atoms with E-state index in [1.54, 1.807) is 6.92 Å². The van der Waals surface area contributed by atoms with E-state index in [4.69, 9.17) is 5.11 Å². The molecule has 0 aliphatic carbocycles. The van der Waals surface area contributed by atoms with Gasteiger partial charge in [0.15, 0.2) is 11.6 Å². The summed E-state index contributed by atoms with van der Waals surface area (Å²) in [5.41, 5.74) is -0.549. The number of carbonyl (C=O) groups is 2. The lowest BCUT2D eigenvalue weighted by Crippen LogP contribution is -2.46. The number of carbonyl (C=O) groups excluding carboxylic acids is 1. The van der Waals surface area contributed by atoms with Crippen LogP contribution >= 0.6 is 11.8 Å². The molecule has 0 bridgehead atoms. The third-order valence-corrected chi connectivity index (χ3v) is 4.21. The molecule has 21 heavy (non-hydrogen) atoms. The SMILES string of the molecule is CC1SCC(C(=O)O)N1C(=O)Nc1cc(F)c(F)cc1F. The number of carboxylic acid groups (broad SMARTS) is 1. The Kier molecular flexibility index (Phi) is 4.31. The number of hydrogen-bond acceptors (Lipinski definition) is 3. The molecule has 2 amide bonds. The molecule has 2 unspecified atom stereocenters. The molecule has 0 aromatic heterocycles. The third kappa shape index (κ3) is 3.07. The molecular formula is C12H11F3N2O3S. The Bertz CT molecular complexity index is 599. The first-order chi connectivity index (χ1) is 9.81. The fourth-order valence-electron chi connectivity index (χ4n) is 1.94. The van der Waals surface area contributed by atoms with Crippen LogP contribution in [-0.2, 0) is 4.79 Å². The number of carboxylic acids is 1. The first-order valence-electron chi connectivity index (χ1n) is 5.89.